The Morgan fingerprint density at radius 3 is 2.07 bits per heavy atom. The minimum absolute atomic E-state index is 0.119. The first-order valence-corrected chi connectivity index (χ1v) is 11.2. The highest BCUT2D eigenvalue weighted by Gasteiger charge is 2.21. The van der Waals surface area contributed by atoms with Crippen molar-refractivity contribution in [3.8, 4) is 9.75 Å². The van der Waals surface area contributed by atoms with Crippen LogP contribution in [0.25, 0.3) is 20.5 Å². The molecular weight excluding hydrogens is 408 g/mol. The number of rotatable bonds is 5. The first-order chi connectivity index (χ1) is 14.7. The Morgan fingerprint density at radius 2 is 1.27 bits per heavy atom. The standard InChI is InChI=1S/C26H16O2S2/c27-25(19-12-5-8-17-7-1-2-9-18(17)19)20-10-3-4-11-21(20)26(28)24-15-14-23(30-24)22-13-6-16-29-22/h1-16H. The van der Waals surface area contributed by atoms with E-state index < -0.39 is 0 Å². The summed E-state index contributed by atoms with van der Waals surface area (Å²) < 4.78 is 0. The minimum atomic E-state index is -0.134. The Bertz CT molecular complexity index is 1370. The van der Waals surface area contributed by atoms with Gasteiger partial charge in [0.2, 0.25) is 5.78 Å². The third-order valence-electron chi connectivity index (χ3n) is 5.04. The Hall–Kier alpha value is -3.34. The number of thiophene rings is 2. The summed E-state index contributed by atoms with van der Waals surface area (Å²) in [4.78, 5) is 29.6. The summed E-state index contributed by atoms with van der Waals surface area (Å²) in [6, 6.07) is 28.5. The third kappa shape index (κ3) is 3.30. The molecule has 2 heterocycles. The van der Waals surface area contributed by atoms with E-state index in [9.17, 15) is 9.59 Å². The molecule has 0 aliphatic heterocycles. The third-order valence-corrected chi connectivity index (χ3v) is 7.19. The molecule has 0 N–H and O–H groups in total. The number of ketones is 2. The second-order valence-corrected chi connectivity index (χ2v) is 8.90. The van der Waals surface area contributed by atoms with Crippen molar-refractivity contribution in [2.24, 2.45) is 0 Å². The van der Waals surface area contributed by atoms with Crippen LogP contribution in [0.4, 0.5) is 0 Å². The molecule has 0 aliphatic carbocycles. The highest BCUT2D eigenvalue weighted by molar-refractivity contribution is 7.22. The fourth-order valence-corrected chi connectivity index (χ4v) is 5.39. The van der Waals surface area contributed by atoms with Gasteiger partial charge in [-0.25, -0.2) is 0 Å². The van der Waals surface area contributed by atoms with Crippen LogP contribution in [-0.4, -0.2) is 11.6 Å². The molecule has 0 bridgehead atoms. The van der Waals surface area contributed by atoms with Crippen LogP contribution in [0.3, 0.4) is 0 Å². The summed E-state index contributed by atoms with van der Waals surface area (Å²) in [7, 11) is 0. The van der Waals surface area contributed by atoms with E-state index in [1.807, 2.05) is 72.1 Å². The largest absolute Gasteiger partial charge is 0.289 e. The topological polar surface area (TPSA) is 34.1 Å². The molecule has 4 heteroatoms. The van der Waals surface area contributed by atoms with Crippen LogP contribution in [-0.2, 0) is 0 Å². The van der Waals surface area contributed by atoms with Gasteiger partial charge in [-0.2, -0.15) is 0 Å². The van der Waals surface area contributed by atoms with Crippen molar-refractivity contribution in [3.05, 3.63) is 118 Å². The number of hydrogen-bond acceptors (Lipinski definition) is 4. The fraction of sp³-hybridized carbons (Fsp3) is 0. The molecule has 0 spiro atoms. The lowest BCUT2D eigenvalue weighted by Gasteiger charge is -2.09. The lowest BCUT2D eigenvalue weighted by Crippen LogP contribution is -2.10. The van der Waals surface area contributed by atoms with E-state index >= 15 is 0 Å². The van der Waals surface area contributed by atoms with E-state index in [-0.39, 0.29) is 11.6 Å². The molecule has 0 unspecified atom stereocenters. The molecule has 3 aromatic carbocycles. The number of carbonyl (C=O) groups is 2. The van der Waals surface area contributed by atoms with Crippen LogP contribution in [0, 0.1) is 0 Å². The molecule has 30 heavy (non-hydrogen) atoms. The highest BCUT2D eigenvalue weighted by atomic mass is 32.1. The molecule has 5 aromatic rings. The van der Waals surface area contributed by atoms with Crippen molar-refractivity contribution >= 4 is 45.0 Å². The summed E-state index contributed by atoms with van der Waals surface area (Å²) in [5, 5.41) is 3.92. The first kappa shape index (κ1) is 18.7. The highest BCUT2D eigenvalue weighted by Crippen LogP contribution is 2.33. The van der Waals surface area contributed by atoms with Gasteiger partial charge in [0.25, 0.3) is 0 Å². The molecule has 0 fully saturated rings. The second-order valence-electron chi connectivity index (χ2n) is 6.87. The number of benzene rings is 3. The molecule has 0 radical (unpaired) electrons. The fourth-order valence-electron chi connectivity index (χ4n) is 3.59. The smallest absolute Gasteiger partial charge is 0.203 e. The Labute approximate surface area is 182 Å². The molecule has 0 amide bonds. The normalized spacial score (nSPS) is 10.9. The summed E-state index contributed by atoms with van der Waals surface area (Å²) in [5.41, 5.74) is 1.48. The molecule has 5 rings (SSSR count). The molecule has 0 saturated carbocycles. The zero-order valence-electron chi connectivity index (χ0n) is 15.9. The molecule has 144 valence electrons. The molecule has 0 saturated heterocycles. The Morgan fingerprint density at radius 1 is 0.567 bits per heavy atom. The van der Waals surface area contributed by atoms with Gasteiger partial charge < -0.3 is 0 Å². The van der Waals surface area contributed by atoms with Gasteiger partial charge in [0.05, 0.1) is 4.88 Å². The van der Waals surface area contributed by atoms with Gasteiger partial charge in [-0.05, 0) is 34.4 Å². The molecule has 0 aliphatic rings. The van der Waals surface area contributed by atoms with Gasteiger partial charge in [-0.1, -0.05) is 72.8 Å². The number of carbonyl (C=O) groups excluding carboxylic acids is 2. The minimum Gasteiger partial charge on any atom is -0.289 e. The maximum atomic E-state index is 13.5. The average molecular weight is 425 g/mol. The molecule has 2 nitrogen and oxygen atoms in total. The monoisotopic (exact) mass is 424 g/mol. The van der Waals surface area contributed by atoms with Crippen molar-refractivity contribution in [2.45, 2.75) is 0 Å². The van der Waals surface area contributed by atoms with Crippen molar-refractivity contribution < 1.29 is 9.59 Å². The van der Waals surface area contributed by atoms with Gasteiger partial charge in [0, 0.05) is 26.4 Å². The van der Waals surface area contributed by atoms with Crippen molar-refractivity contribution in [2.75, 3.05) is 0 Å². The first-order valence-electron chi connectivity index (χ1n) is 9.52. The Kier molecular flexibility index (Phi) is 4.87. The lowest BCUT2D eigenvalue weighted by atomic mass is 9.93. The summed E-state index contributed by atoms with van der Waals surface area (Å²) in [6.45, 7) is 0. The predicted octanol–water partition coefficient (Wildman–Crippen LogP) is 7.09. The van der Waals surface area contributed by atoms with E-state index in [2.05, 4.69) is 0 Å². The van der Waals surface area contributed by atoms with Gasteiger partial charge in [0.1, 0.15) is 0 Å². The number of hydrogen-bond donors (Lipinski definition) is 0. The van der Waals surface area contributed by atoms with Crippen LogP contribution in [0.1, 0.15) is 31.2 Å². The SMILES string of the molecule is O=C(c1ccc(-c2cccs2)s1)c1ccccc1C(=O)c1cccc2ccccc12. The Balaban J connectivity index is 1.56. The maximum Gasteiger partial charge on any atom is 0.203 e. The summed E-state index contributed by atoms with van der Waals surface area (Å²) in [6.07, 6.45) is 0. The number of fused-ring (bicyclic) bond motifs is 1. The maximum absolute atomic E-state index is 13.5. The lowest BCUT2D eigenvalue weighted by molar-refractivity contribution is 0.101. The van der Waals surface area contributed by atoms with Crippen molar-refractivity contribution in [1.29, 1.82) is 0 Å². The zero-order chi connectivity index (χ0) is 20.5. The van der Waals surface area contributed by atoms with Gasteiger partial charge >= 0.3 is 0 Å². The molecular formula is C26H16O2S2. The zero-order valence-corrected chi connectivity index (χ0v) is 17.5. The van der Waals surface area contributed by atoms with E-state index in [1.54, 1.807) is 35.6 Å². The average Bonchev–Trinajstić information content (AvgIpc) is 3.50. The van der Waals surface area contributed by atoms with E-state index in [0.717, 1.165) is 20.5 Å². The van der Waals surface area contributed by atoms with Crippen LogP contribution in [0.15, 0.2) is 96.4 Å². The van der Waals surface area contributed by atoms with Crippen molar-refractivity contribution in [1.82, 2.24) is 0 Å². The van der Waals surface area contributed by atoms with Gasteiger partial charge in [0.15, 0.2) is 5.78 Å². The van der Waals surface area contributed by atoms with Crippen LogP contribution >= 0.6 is 22.7 Å². The quantitative estimate of drug-likeness (QED) is 0.282. The van der Waals surface area contributed by atoms with Gasteiger partial charge in [-0.3, -0.25) is 9.59 Å². The summed E-state index contributed by atoms with van der Waals surface area (Å²) >= 11 is 3.11. The van der Waals surface area contributed by atoms with Crippen LogP contribution < -0.4 is 0 Å². The van der Waals surface area contributed by atoms with Crippen LogP contribution in [0.5, 0.6) is 0 Å². The summed E-state index contributed by atoms with van der Waals surface area (Å²) in [5.74, 6) is -0.252. The molecule has 0 atom stereocenters. The van der Waals surface area contributed by atoms with Gasteiger partial charge in [-0.15, -0.1) is 22.7 Å². The van der Waals surface area contributed by atoms with Crippen molar-refractivity contribution in [3.63, 3.8) is 0 Å². The predicted molar refractivity (Wildman–Crippen MR) is 125 cm³/mol. The van der Waals surface area contributed by atoms with Crippen LogP contribution in [0.2, 0.25) is 0 Å². The van der Waals surface area contributed by atoms with E-state index in [0.29, 0.717) is 21.6 Å². The van der Waals surface area contributed by atoms with E-state index in [1.165, 1.54) is 11.3 Å². The van der Waals surface area contributed by atoms with E-state index in [4.69, 9.17) is 0 Å². The second kappa shape index (κ2) is 7.82. The molecule has 2 aromatic heterocycles.